The van der Waals surface area contributed by atoms with Crippen LogP contribution in [0.3, 0.4) is 0 Å². The molecule has 0 saturated heterocycles. The molecule has 2 rings (SSSR count). The van der Waals surface area contributed by atoms with Gasteiger partial charge in [-0.05, 0) is 31.9 Å². The Kier molecular flexibility index (Phi) is 5.08. The van der Waals surface area contributed by atoms with Crippen LogP contribution in [0.15, 0.2) is 18.2 Å². The molecule has 1 aromatic rings. The average Bonchev–Trinajstić information content (AvgIpc) is 2.42. The van der Waals surface area contributed by atoms with Crippen molar-refractivity contribution in [2.75, 3.05) is 20.7 Å². The lowest BCUT2D eigenvalue weighted by atomic mass is 9.89. The van der Waals surface area contributed by atoms with Crippen LogP contribution in [0.1, 0.15) is 37.7 Å². The van der Waals surface area contributed by atoms with E-state index >= 15 is 0 Å². The van der Waals surface area contributed by atoms with E-state index in [0.717, 1.165) is 24.6 Å². The number of rotatable bonds is 5. The van der Waals surface area contributed by atoms with Gasteiger partial charge in [0.05, 0.1) is 7.11 Å². The highest BCUT2D eigenvalue weighted by atomic mass is 16.5. The van der Waals surface area contributed by atoms with Crippen molar-refractivity contribution in [1.82, 2.24) is 4.90 Å². The minimum absolute atomic E-state index is 0.329. The van der Waals surface area contributed by atoms with Crippen molar-refractivity contribution in [1.29, 1.82) is 0 Å². The van der Waals surface area contributed by atoms with Crippen LogP contribution >= 0.6 is 0 Å². The lowest BCUT2D eigenvalue weighted by Crippen LogP contribution is -2.26. The molecule has 1 N–H and O–H groups in total. The molecule has 0 bridgehead atoms. The minimum Gasteiger partial charge on any atom is -0.507 e. The number of aromatic hydroxyl groups is 1. The molecule has 1 fully saturated rings. The number of nitrogens with zero attached hydrogens (tertiary/aromatic N) is 1. The van der Waals surface area contributed by atoms with Crippen molar-refractivity contribution < 1.29 is 9.84 Å². The Hall–Kier alpha value is -1.22. The van der Waals surface area contributed by atoms with Gasteiger partial charge in [0, 0.05) is 24.7 Å². The molecule has 19 heavy (non-hydrogen) atoms. The maximum Gasteiger partial charge on any atom is 0.123 e. The van der Waals surface area contributed by atoms with E-state index in [2.05, 4.69) is 11.9 Å². The molecule has 0 aliphatic heterocycles. The largest absolute Gasteiger partial charge is 0.507 e. The fourth-order valence-corrected chi connectivity index (χ4v) is 2.97. The Morgan fingerprint density at radius 3 is 2.63 bits per heavy atom. The van der Waals surface area contributed by atoms with E-state index in [1.807, 2.05) is 12.1 Å². The number of phenolic OH excluding ortho intramolecular Hbond substituents is 1. The quantitative estimate of drug-likeness (QED) is 0.883. The third kappa shape index (κ3) is 4.13. The van der Waals surface area contributed by atoms with Gasteiger partial charge in [0.25, 0.3) is 0 Å². The van der Waals surface area contributed by atoms with E-state index in [4.69, 9.17) is 4.74 Å². The van der Waals surface area contributed by atoms with E-state index in [1.165, 1.54) is 32.1 Å². The van der Waals surface area contributed by atoms with Gasteiger partial charge in [-0.3, -0.25) is 0 Å². The van der Waals surface area contributed by atoms with Crippen LogP contribution in [-0.2, 0) is 6.54 Å². The average molecular weight is 263 g/mol. The number of benzene rings is 1. The predicted octanol–water partition coefficient (Wildman–Crippen LogP) is 3.41. The van der Waals surface area contributed by atoms with Crippen LogP contribution in [-0.4, -0.2) is 30.7 Å². The highest BCUT2D eigenvalue weighted by Gasteiger charge is 2.16. The Labute approximate surface area is 116 Å². The summed E-state index contributed by atoms with van der Waals surface area (Å²) in [5.74, 6) is 1.87. The topological polar surface area (TPSA) is 32.7 Å². The van der Waals surface area contributed by atoms with Crippen LogP contribution in [0.5, 0.6) is 11.5 Å². The molecule has 0 amide bonds. The first kappa shape index (κ1) is 14.2. The van der Waals surface area contributed by atoms with Gasteiger partial charge < -0.3 is 14.7 Å². The lowest BCUT2D eigenvalue weighted by molar-refractivity contribution is 0.226. The highest BCUT2D eigenvalue weighted by molar-refractivity contribution is 5.39. The minimum atomic E-state index is 0.329. The smallest absolute Gasteiger partial charge is 0.123 e. The molecule has 0 spiro atoms. The van der Waals surface area contributed by atoms with Gasteiger partial charge in [0.2, 0.25) is 0 Å². The number of phenols is 1. The number of hydrogen-bond acceptors (Lipinski definition) is 3. The first-order chi connectivity index (χ1) is 9.19. The second kappa shape index (κ2) is 6.80. The fourth-order valence-electron chi connectivity index (χ4n) is 2.97. The number of methoxy groups -OCH3 is 1. The molecule has 1 aromatic carbocycles. The first-order valence-corrected chi connectivity index (χ1v) is 7.23. The van der Waals surface area contributed by atoms with Crippen molar-refractivity contribution in [3.63, 3.8) is 0 Å². The predicted molar refractivity (Wildman–Crippen MR) is 77.6 cm³/mol. The van der Waals surface area contributed by atoms with Crippen molar-refractivity contribution in [3.05, 3.63) is 23.8 Å². The van der Waals surface area contributed by atoms with Gasteiger partial charge in [-0.15, -0.1) is 0 Å². The Morgan fingerprint density at radius 2 is 2.00 bits per heavy atom. The molecule has 0 atom stereocenters. The molecule has 0 aromatic heterocycles. The summed E-state index contributed by atoms with van der Waals surface area (Å²) in [6, 6.07) is 5.54. The summed E-state index contributed by atoms with van der Waals surface area (Å²) in [5.41, 5.74) is 0.971. The number of hydrogen-bond donors (Lipinski definition) is 1. The molecule has 1 saturated carbocycles. The fraction of sp³-hybridized carbons (Fsp3) is 0.625. The van der Waals surface area contributed by atoms with Crippen LogP contribution < -0.4 is 4.74 Å². The first-order valence-electron chi connectivity index (χ1n) is 7.23. The summed E-state index contributed by atoms with van der Waals surface area (Å²) >= 11 is 0. The summed E-state index contributed by atoms with van der Waals surface area (Å²) in [6.45, 7) is 1.93. The maximum absolute atomic E-state index is 9.97. The summed E-state index contributed by atoms with van der Waals surface area (Å²) in [6.07, 6.45) is 6.88. The van der Waals surface area contributed by atoms with E-state index in [0.29, 0.717) is 11.5 Å². The van der Waals surface area contributed by atoms with Gasteiger partial charge in [-0.2, -0.15) is 0 Å². The van der Waals surface area contributed by atoms with Crippen LogP contribution in [0.2, 0.25) is 0 Å². The molecule has 1 aliphatic rings. The molecule has 0 heterocycles. The van der Waals surface area contributed by atoms with E-state index in [9.17, 15) is 5.11 Å². The standard InChI is InChI=1S/C16H25NO2/c1-17(11-13-6-4-3-5-7-13)12-14-8-9-15(19-2)10-16(14)18/h8-10,13,18H,3-7,11-12H2,1-2H3. The molecular weight excluding hydrogens is 238 g/mol. The molecule has 3 nitrogen and oxygen atoms in total. The molecule has 0 unspecified atom stereocenters. The zero-order valence-corrected chi connectivity index (χ0v) is 12.1. The third-order valence-corrected chi connectivity index (χ3v) is 4.03. The molecule has 1 aliphatic carbocycles. The summed E-state index contributed by atoms with van der Waals surface area (Å²) in [7, 11) is 3.75. The van der Waals surface area contributed by atoms with Crippen molar-refractivity contribution in [2.24, 2.45) is 5.92 Å². The van der Waals surface area contributed by atoms with Gasteiger partial charge in [-0.25, -0.2) is 0 Å². The summed E-state index contributed by atoms with van der Waals surface area (Å²) in [4.78, 5) is 2.32. The summed E-state index contributed by atoms with van der Waals surface area (Å²) in [5, 5.41) is 9.97. The zero-order chi connectivity index (χ0) is 13.7. The Morgan fingerprint density at radius 1 is 1.26 bits per heavy atom. The Balaban J connectivity index is 1.88. The van der Waals surface area contributed by atoms with E-state index < -0.39 is 0 Å². The van der Waals surface area contributed by atoms with Crippen molar-refractivity contribution in [2.45, 2.75) is 38.6 Å². The van der Waals surface area contributed by atoms with Gasteiger partial charge in [0.15, 0.2) is 0 Å². The summed E-state index contributed by atoms with van der Waals surface area (Å²) < 4.78 is 5.10. The molecular formula is C16H25NO2. The van der Waals surface area contributed by atoms with Gasteiger partial charge in [-0.1, -0.05) is 25.3 Å². The van der Waals surface area contributed by atoms with Crippen LogP contribution in [0, 0.1) is 5.92 Å². The van der Waals surface area contributed by atoms with E-state index in [1.54, 1.807) is 13.2 Å². The lowest BCUT2D eigenvalue weighted by Gasteiger charge is -2.27. The third-order valence-electron chi connectivity index (χ3n) is 4.03. The van der Waals surface area contributed by atoms with Crippen molar-refractivity contribution in [3.8, 4) is 11.5 Å². The SMILES string of the molecule is COc1ccc(CN(C)CC2CCCCC2)c(O)c1. The molecule has 106 valence electrons. The number of ether oxygens (including phenoxy) is 1. The molecule has 3 heteroatoms. The second-order valence-corrected chi connectivity index (χ2v) is 5.70. The van der Waals surface area contributed by atoms with E-state index in [-0.39, 0.29) is 0 Å². The van der Waals surface area contributed by atoms with Gasteiger partial charge in [0.1, 0.15) is 11.5 Å². The van der Waals surface area contributed by atoms with Crippen LogP contribution in [0.4, 0.5) is 0 Å². The van der Waals surface area contributed by atoms with Crippen LogP contribution in [0.25, 0.3) is 0 Å². The van der Waals surface area contributed by atoms with Gasteiger partial charge >= 0.3 is 0 Å². The second-order valence-electron chi connectivity index (χ2n) is 5.70. The molecule has 0 radical (unpaired) electrons. The Bertz CT molecular complexity index is 400. The zero-order valence-electron chi connectivity index (χ0n) is 12.1. The van der Waals surface area contributed by atoms with Crippen molar-refractivity contribution >= 4 is 0 Å². The maximum atomic E-state index is 9.97. The highest BCUT2D eigenvalue weighted by Crippen LogP contribution is 2.27. The monoisotopic (exact) mass is 263 g/mol. The normalized spacial score (nSPS) is 16.8.